The number of benzene rings is 2. The van der Waals surface area contributed by atoms with E-state index >= 15 is 0 Å². The molecule has 0 bridgehead atoms. The van der Waals surface area contributed by atoms with Crippen molar-refractivity contribution < 1.29 is 0 Å². The molecule has 0 N–H and O–H groups in total. The van der Waals surface area contributed by atoms with Crippen LogP contribution in [0.5, 0.6) is 0 Å². The second kappa shape index (κ2) is 10.0. The Bertz CT molecular complexity index is 913. The van der Waals surface area contributed by atoms with Gasteiger partial charge in [-0.05, 0) is 36.4 Å². The molecule has 0 spiro atoms. The minimum absolute atomic E-state index is 0.514. The highest BCUT2D eigenvalue weighted by molar-refractivity contribution is 6.39. The van der Waals surface area contributed by atoms with Crippen LogP contribution in [0.15, 0.2) is 64.6 Å². The molecule has 3 nitrogen and oxygen atoms in total. The van der Waals surface area contributed by atoms with E-state index in [1.807, 2.05) is 18.2 Å². The van der Waals surface area contributed by atoms with Gasteiger partial charge in [-0.3, -0.25) is 15.0 Å². The summed E-state index contributed by atoms with van der Waals surface area (Å²) in [6.45, 7) is 0. The van der Waals surface area contributed by atoms with Crippen molar-refractivity contribution in [2.24, 2.45) is 9.98 Å². The molecule has 7 heteroatoms. The van der Waals surface area contributed by atoms with E-state index in [1.165, 1.54) is 0 Å². The van der Waals surface area contributed by atoms with Crippen molar-refractivity contribution in [2.75, 3.05) is 0 Å². The average Bonchev–Trinajstić information content (AvgIpc) is 2.67. The first-order valence-corrected chi connectivity index (χ1v) is 9.93. The van der Waals surface area contributed by atoms with Crippen molar-refractivity contribution >= 4 is 70.2 Å². The molecular formula is C21H15Cl4N3. The molecule has 0 saturated carbocycles. The van der Waals surface area contributed by atoms with Crippen LogP contribution in [-0.4, -0.2) is 17.4 Å². The molecule has 1 aromatic heterocycles. The SMILES string of the molecule is Clc1cccc(Cl)c1N=CCc1cccc(CC=Nc2c(Cl)cccc2Cl)n1. The fraction of sp³-hybridized carbons (Fsp3) is 0.0952. The maximum atomic E-state index is 6.12. The Balaban J connectivity index is 1.66. The summed E-state index contributed by atoms with van der Waals surface area (Å²) < 4.78 is 0. The summed E-state index contributed by atoms with van der Waals surface area (Å²) in [6, 6.07) is 16.4. The number of nitrogens with zero attached hydrogens (tertiary/aromatic N) is 3. The van der Waals surface area contributed by atoms with Crippen LogP contribution in [0.2, 0.25) is 20.1 Å². The lowest BCUT2D eigenvalue weighted by Gasteiger charge is -2.02. The molecule has 3 rings (SSSR count). The Morgan fingerprint density at radius 1 is 0.607 bits per heavy atom. The van der Waals surface area contributed by atoms with Crippen molar-refractivity contribution in [3.05, 3.63) is 86.1 Å². The Labute approximate surface area is 183 Å². The van der Waals surface area contributed by atoms with E-state index in [4.69, 9.17) is 46.4 Å². The van der Waals surface area contributed by atoms with E-state index in [-0.39, 0.29) is 0 Å². The van der Waals surface area contributed by atoms with Gasteiger partial charge in [-0.2, -0.15) is 0 Å². The number of aliphatic imine (C=N–C) groups is 2. The summed E-state index contributed by atoms with van der Waals surface area (Å²) in [5.74, 6) is 0. The largest absolute Gasteiger partial charge is 0.258 e. The van der Waals surface area contributed by atoms with Crippen LogP contribution >= 0.6 is 46.4 Å². The van der Waals surface area contributed by atoms with Crippen LogP contribution in [0, 0.1) is 0 Å². The third kappa shape index (κ3) is 5.55. The van der Waals surface area contributed by atoms with Crippen LogP contribution in [0.1, 0.15) is 11.4 Å². The van der Waals surface area contributed by atoms with Gasteiger partial charge in [0.1, 0.15) is 0 Å². The molecule has 142 valence electrons. The maximum absolute atomic E-state index is 6.12. The fourth-order valence-electron chi connectivity index (χ4n) is 2.44. The molecule has 0 aliphatic rings. The van der Waals surface area contributed by atoms with E-state index < -0.39 is 0 Å². The molecule has 0 aliphatic heterocycles. The third-order valence-corrected chi connectivity index (χ3v) is 5.00. The molecule has 3 aromatic rings. The van der Waals surface area contributed by atoms with Gasteiger partial charge in [0, 0.05) is 36.7 Å². The molecule has 28 heavy (non-hydrogen) atoms. The smallest absolute Gasteiger partial charge is 0.0998 e. The average molecular weight is 451 g/mol. The topological polar surface area (TPSA) is 37.6 Å². The van der Waals surface area contributed by atoms with Crippen LogP contribution in [-0.2, 0) is 12.8 Å². The molecule has 0 fully saturated rings. The van der Waals surface area contributed by atoms with Gasteiger partial charge in [0.15, 0.2) is 0 Å². The van der Waals surface area contributed by atoms with E-state index in [0.717, 1.165) is 11.4 Å². The number of halogens is 4. The van der Waals surface area contributed by atoms with E-state index in [2.05, 4.69) is 15.0 Å². The number of rotatable bonds is 6. The van der Waals surface area contributed by atoms with E-state index in [9.17, 15) is 0 Å². The van der Waals surface area contributed by atoms with Gasteiger partial charge in [-0.15, -0.1) is 0 Å². The van der Waals surface area contributed by atoms with Gasteiger partial charge in [0.2, 0.25) is 0 Å². The lowest BCUT2D eigenvalue weighted by Crippen LogP contribution is -1.97. The van der Waals surface area contributed by atoms with Crippen molar-refractivity contribution in [2.45, 2.75) is 12.8 Å². The van der Waals surface area contributed by atoms with Gasteiger partial charge >= 0.3 is 0 Å². The minimum atomic E-state index is 0.514. The molecular weight excluding hydrogens is 436 g/mol. The van der Waals surface area contributed by atoms with Crippen LogP contribution in [0.25, 0.3) is 0 Å². The van der Waals surface area contributed by atoms with Crippen LogP contribution in [0.4, 0.5) is 11.4 Å². The third-order valence-electron chi connectivity index (χ3n) is 3.78. The number of aromatic nitrogens is 1. The van der Waals surface area contributed by atoms with Crippen molar-refractivity contribution in [1.29, 1.82) is 0 Å². The standard InChI is InChI=1S/C21H15Cl4N3/c22-16-6-2-7-17(23)20(16)26-12-10-14-4-1-5-15(28-14)11-13-27-21-18(24)8-3-9-19(21)25/h1-9,12-13H,10-11H2. The fourth-order valence-corrected chi connectivity index (χ4v) is 3.43. The summed E-state index contributed by atoms with van der Waals surface area (Å²) in [7, 11) is 0. The van der Waals surface area contributed by atoms with Gasteiger partial charge in [-0.25, -0.2) is 0 Å². The molecule has 0 radical (unpaired) electrons. The molecule has 0 saturated heterocycles. The zero-order chi connectivity index (χ0) is 19.9. The van der Waals surface area contributed by atoms with Gasteiger partial charge < -0.3 is 0 Å². The number of hydrogen-bond acceptors (Lipinski definition) is 3. The number of pyridine rings is 1. The maximum Gasteiger partial charge on any atom is 0.0998 e. The summed E-state index contributed by atoms with van der Waals surface area (Å²) in [4.78, 5) is 13.3. The van der Waals surface area contributed by atoms with Crippen LogP contribution in [0.3, 0.4) is 0 Å². The first-order chi connectivity index (χ1) is 13.5. The zero-order valence-electron chi connectivity index (χ0n) is 14.6. The zero-order valence-corrected chi connectivity index (χ0v) is 17.6. The molecule has 0 aliphatic carbocycles. The first-order valence-electron chi connectivity index (χ1n) is 8.42. The molecule has 0 amide bonds. The highest BCUT2D eigenvalue weighted by Gasteiger charge is 2.04. The van der Waals surface area contributed by atoms with E-state index in [1.54, 1.807) is 48.8 Å². The van der Waals surface area contributed by atoms with Crippen molar-refractivity contribution in [3.63, 3.8) is 0 Å². The summed E-state index contributed by atoms with van der Waals surface area (Å²) in [5.41, 5.74) is 2.89. The summed E-state index contributed by atoms with van der Waals surface area (Å²) in [6.07, 6.45) is 4.61. The van der Waals surface area contributed by atoms with Gasteiger partial charge in [0.05, 0.1) is 31.5 Å². The Kier molecular flexibility index (Phi) is 7.46. The highest BCUT2D eigenvalue weighted by Crippen LogP contribution is 2.33. The quantitative estimate of drug-likeness (QED) is 0.356. The monoisotopic (exact) mass is 449 g/mol. The molecule has 1 heterocycles. The molecule has 0 unspecified atom stereocenters. The second-order valence-electron chi connectivity index (χ2n) is 5.79. The Hall–Kier alpha value is -1.91. The molecule has 2 aromatic carbocycles. The van der Waals surface area contributed by atoms with Gasteiger partial charge in [0.25, 0.3) is 0 Å². The van der Waals surface area contributed by atoms with Crippen molar-refractivity contribution in [1.82, 2.24) is 4.98 Å². The second-order valence-corrected chi connectivity index (χ2v) is 7.42. The van der Waals surface area contributed by atoms with E-state index in [0.29, 0.717) is 44.3 Å². The lowest BCUT2D eigenvalue weighted by molar-refractivity contribution is 1.06. The van der Waals surface area contributed by atoms with Crippen LogP contribution < -0.4 is 0 Å². The lowest BCUT2D eigenvalue weighted by atomic mass is 10.2. The predicted octanol–water partition coefficient (Wildman–Crippen LogP) is 7.59. The first kappa shape index (κ1) is 20.8. The number of para-hydroxylation sites is 2. The summed E-state index contributed by atoms with van der Waals surface area (Å²) in [5, 5.41) is 2.06. The Morgan fingerprint density at radius 2 is 0.964 bits per heavy atom. The predicted molar refractivity (Wildman–Crippen MR) is 121 cm³/mol. The van der Waals surface area contributed by atoms with Gasteiger partial charge in [-0.1, -0.05) is 64.6 Å². The summed E-state index contributed by atoms with van der Waals surface area (Å²) >= 11 is 24.5. The Morgan fingerprint density at radius 3 is 1.36 bits per heavy atom. The molecule has 0 atom stereocenters. The van der Waals surface area contributed by atoms with Crippen molar-refractivity contribution in [3.8, 4) is 0 Å². The highest BCUT2D eigenvalue weighted by atomic mass is 35.5. The normalized spacial score (nSPS) is 11.6. The minimum Gasteiger partial charge on any atom is -0.258 e. The number of hydrogen-bond donors (Lipinski definition) is 0.